The van der Waals surface area contributed by atoms with Gasteiger partial charge in [-0.2, -0.15) is 0 Å². The van der Waals surface area contributed by atoms with Crippen LogP contribution in [0.5, 0.6) is 0 Å². The number of sulfonamides is 1. The maximum atomic E-state index is 11.8. The van der Waals surface area contributed by atoms with Gasteiger partial charge in [0.05, 0.1) is 17.8 Å². The Bertz CT molecular complexity index is 538. The van der Waals surface area contributed by atoms with E-state index in [4.69, 9.17) is 9.88 Å². The van der Waals surface area contributed by atoms with Crippen molar-refractivity contribution in [1.29, 1.82) is 0 Å². The summed E-state index contributed by atoms with van der Waals surface area (Å²) >= 11 is 0. The predicted molar refractivity (Wildman–Crippen MR) is 95.4 cm³/mol. The number of carbonyl (C=O) groups is 1. The van der Waals surface area contributed by atoms with E-state index in [1.165, 1.54) is 0 Å². The molecule has 0 spiro atoms. The molecule has 0 saturated carbocycles. The molecule has 0 unspecified atom stereocenters. The quantitative estimate of drug-likeness (QED) is 0.374. The lowest BCUT2D eigenvalue weighted by Gasteiger charge is -2.27. The Kier molecular flexibility index (Phi) is 8.48. The third-order valence-electron chi connectivity index (χ3n) is 2.50. The largest absolute Gasteiger partial charge is 0.444 e. The highest BCUT2D eigenvalue weighted by atomic mass is 32.2. The Hall–Kier alpha value is -1.55. The molecule has 5 N–H and O–H groups in total. The first-order chi connectivity index (χ1) is 10.7. The normalized spacial score (nSPS) is 13.4. The van der Waals surface area contributed by atoms with E-state index in [1.54, 1.807) is 20.8 Å². The number of hydrogen-bond donors (Lipinski definition) is 4. The van der Waals surface area contributed by atoms with Gasteiger partial charge in [-0.05, 0) is 41.5 Å². The minimum absolute atomic E-state index is 0.143. The summed E-state index contributed by atoms with van der Waals surface area (Å²) in [6.45, 7) is 11.9. The average Bonchev–Trinajstić information content (AvgIpc) is 2.31. The van der Waals surface area contributed by atoms with Gasteiger partial charge in [0.15, 0.2) is 5.96 Å². The van der Waals surface area contributed by atoms with E-state index in [9.17, 15) is 13.2 Å². The van der Waals surface area contributed by atoms with Crippen LogP contribution in [0, 0.1) is 0 Å². The van der Waals surface area contributed by atoms with Crippen LogP contribution in [0.15, 0.2) is 4.99 Å². The van der Waals surface area contributed by atoms with Crippen LogP contribution in [0.25, 0.3) is 0 Å². The van der Waals surface area contributed by atoms with Crippen LogP contribution in [0.1, 0.15) is 41.5 Å². The molecule has 0 radical (unpaired) electrons. The van der Waals surface area contributed by atoms with E-state index in [2.05, 4.69) is 20.9 Å². The van der Waals surface area contributed by atoms with Gasteiger partial charge in [0.2, 0.25) is 10.0 Å². The SMILES string of the molecule is CCNC(=NCC(C)(C)NC(=O)OC(C)(C)C)NCCS(N)(=O)=O. The molecular weight excluding hydrogens is 334 g/mol. The van der Waals surface area contributed by atoms with Crippen LogP contribution < -0.4 is 21.1 Å². The molecule has 0 fully saturated rings. The van der Waals surface area contributed by atoms with Crippen molar-refractivity contribution in [2.24, 2.45) is 10.1 Å². The zero-order valence-electron chi connectivity index (χ0n) is 15.4. The minimum Gasteiger partial charge on any atom is -0.444 e. The summed E-state index contributed by atoms with van der Waals surface area (Å²) in [5.74, 6) is 0.247. The number of amides is 1. The molecule has 142 valence electrons. The number of aliphatic imine (C=N–C) groups is 1. The maximum Gasteiger partial charge on any atom is 0.408 e. The number of carbonyl (C=O) groups excluding carboxylic acids is 1. The minimum atomic E-state index is -3.53. The Labute approximate surface area is 144 Å². The second-order valence-electron chi connectivity index (χ2n) is 7.00. The molecule has 0 aromatic heterocycles. The first kappa shape index (κ1) is 22.4. The molecule has 24 heavy (non-hydrogen) atoms. The van der Waals surface area contributed by atoms with E-state index < -0.39 is 27.3 Å². The van der Waals surface area contributed by atoms with Crippen molar-refractivity contribution < 1.29 is 17.9 Å². The fourth-order valence-electron chi connectivity index (χ4n) is 1.55. The third-order valence-corrected chi connectivity index (χ3v) is 3.27. The molecule has 0 atom stereocenters. The van der Waals surface area contributed by atoms with Gasteiger partial charge >= 0.3 is 6.09 Å². The second kappa shape index (κ2) is 9.07. The van der Waals surface area contributed by atoms with E-state index in [1.807, 2.05) is 20.8 Å². The van der Waals surface area contributed by atoms with Crippen molar-refractivity contribution >= 4 is 22.1 Å². The standard InChI is InChI=1S/C14H31N5O4S/c1-7-16-11(17-8-9-24(15,21)22)18-10-14(5,6)19-12(20)23-13(2,3)4/h7-10H2,1-6H3,(H,19,20)(H2,15,21,22)(H2,16,17,18). The van der Waals surface area contributed by atoms with E-state index >= 15 is 0 Å². The fraction of sp³-hybridized carbons (Fsp3) is 0.857. The van der Waals surface area contributed by atoms with Crippen molar-refractivity contribution in [3.8, 4) is 0 Å². The van der Waals surface area contributed by atoms with Crippen LogP contribution in [0.2, 0.25) is 0 Å². The molecule has 0 bridgehead atoms. The number of rotatable bonds is 7. The van der Waals surface area contributed by atoms with Gasteiger partial charge in [0, 0.05) is 13.1 Å². The lowest BCUT2D eigenvalue weighted by molar-refractivity contribution is 0.0476. The summed E-state index contributed by atoms with van der Waals surface area (Å²) in [5, 5.41) is 13.6. The number of nitrogens with one attached hydrogen (secondary N) is 3. The topological polar surface area (TPSA) is 135 Å². The number of alkyl carbamates (subject to hydrolysis) is 1. The molecule has 1 amide bonds. The van der Waals surface area contributed by atoms with Crippen LogP contribution >= 0.6 is 0 Å². The Morgan fingerprint density at radius 1 is 1.17 bits per heavy atom. The van der Waals surface area contributed by atoms with Gasteiger partial charge < -0.3 is 20.7 Å². The fourth-order valence-corrected chi connectivity index (χ4v) is 1.94. The Morgan fingerprint density at radius 2 is 1.75 bits per heavy atom. The van der Waals surface area contributed by atoms with E-state index in [0.717, 1.165) is 0 Å². The monoisotopic (exact) mass is 365 g/mol. The van der Waals surface area contributed by atoms with Gasteiger partial charge in [-0.1, -0.05) is 0 Å². The summed E-state index contributed by atoms with van der Waals surface area (Å²) in [7, 11) is -3.53. The molecule has 0 aromatic rings. The molecule has 0 aliphatic heterocycles. The van der Waals surface area contributed by atoms with Gasteiger partial charge in [0.25, 0.3) is 0 Å². The molecule has 0 aliphatic carbocycles. The lowest BCUT2D eigenvalue weighted by Crippen LogP contribution is -2.49. The summed E-state index contributed by atoms with van der Waals surface area (Å²) < 4.78 is 27.1. The summed E-state index contributed by atoms with van der Waals surface area (Å²) in [6, 6.07) is 0. The van der Waals surface area contributed by atoms with Crippen LogP contribution in [0.3, 0.4) is 0 Å². The van der Waals surface area contributed by atoms with Gasteiger partial charge in [-0.3, -0.25) is 4.99 Å². The summed E-state index contributed by atoms with van der Waals surface area (Å²) in [5.41, 5.74) is -1.21. The molecule has 0 heterocycles. The summed E-state index contributed by atoms with van der Waals surface area (Å²) in [6.07, 6.45) is -0.519. The second-order valence-corrected chi connectivity index (χ2v) is 8.73. The highest BCUT2D eigenvalue weighted by Gasteiger charge is 2.24. The number of primary sulfonamides is 1. The molecule has 0 aromatic carbocycles. The third kappa shape index (κ3) is 12.9. The summed E-state index contributed by atoms with van der Waals surface area (Å²) in [4.78, 5) is 16.2. The molecule has 9 nitrogen and oxygen atoms in total. The van der Waals surface area contributed by atoms with Crippen molar-refractivity contribution in [1.82, 2.24) is 16.0 Å². The molecule has 0 rings (SSSR count). The number of nitrogens with two attached hydrogens (primary N) is 1. The number of ether oxygens (including phenoxy) is 1. The van der Waals surface area contributed by atoms with Crippen molar-refractivity contribution in [3.05, 3.63) is 0 Å². The number of guanidine groups is 1. The van der Waals surface area contributed by atoms with E-state index in [-0.39, 0.29) is 18.8 Å². The van der Waals surface area contributed by atoms with Crippen LogP contribution in [-0.2, 0) is 14.8 Å². The van der Waals surface area contributed by atoms with Gasteiger partial charge in [0.1, 0.15) is 5.60 Å². The zero-order chi connectivity index (χ0) is 19.0. The Balaban J connectivity index is 4.65. The Morgan fingerprint density at radius 3 is 2.21 bits per heavy atom. The zero-order valence-corrected chi connectivity index (χ0v) is 16.2. The van der Waals surface area contributed by atoms with E-state index in [0.29, 0.717) is 12.5 Å². The van der Waals surface area contributed by atoms with Crippen molar-refractivity contribution in [2.45, 2.75) is 52.7 Å². The first-order valence-electron chi connectivity index (χ1n) is 7.78. The number of nitrogens with zero attached hydrogens (tertiary/aromatic N) is 1. The van der Waals surface area contributed by atoms with Crippen LogP contribution in [0.4, 0.5) is 4.79 Å². The average molecular weight is 366 g/mol. The van der Waals surface area contributed by atoms with Crippen molar-refractivity contribution in [3.63, 3.8) is 0 Å². The predicted octanol–water partition coefficient (Wildman–Crippen LogP) is 0.133. The maximum absolute atomic E-state index is 11.8. The van der Waals surface area contributed by atoms with Gasteiger partial charge in [-0.15, -0.1) is 0 Å². The molecule has 10 heteroatoms. The van der Waals surface area contributed by atoms with Gasteiger partial charge in [-0.25, -0.2) is 18.4 Å². The molecule has 0 aliphatic rings. The molecule has 0 saturated heterocycles. The number of hydrogen-bond acceptors (Lipinski definition) is 5. The van der Waals surface area contributed by atoms with Crippen LogP contribution in [-0.4, -0.2) is 57.0 Å². The first-order valence-corrected chi connectivity index (χ1v) is 9.49. The van der Waals surface area contributed by atoms with Crippen molar-refractivity contribution in [2.75, 3.05) is 25.4 Å². The molecular formula is C14H31N5O4S. The smallest absolute Gasteiger partial charge is 0.408 e. The highest BCUT2D eigenvalue weighted by molar-refractivity contribution is 7.89. The highest BCUT2D eigenvalue weighted by Crippen LogP contribution is 2.09. The lowest BCUT2D eigenvalue weighted by atomic mass is 10.1.